The van der Waals surface area contributed by atoms with Gasteiger partial charge in [-0.05, 0) is 36.8 Å². The molecule has 1 aliphatic rings. The molecule has 0 amide bonds. The van der Waals surface area contributed by atoms with Crippen LogP contribution < -0.4 is 0 Å². The third-order valence-electron chi connectivity index (χ3n) is 2.75. The first-order valence-corrected chi connectivity index (χ1v) is 4.88. The molecule has 0 radical (unpaired) electrons. The average Bonchev–Trinajstić information content (AvgIpc) is 2.16. The second-order valence-electron chi connectivity index (χ2n) is 3.98. The van der Waals surface area contributed by atoms with E-state index in [4.69, 9.17) is 5.11 Å². The third-order valence-corrected chi connectivity index (χ3v) is 2.75. The summed E-state index contributed by atoms with van der Waals surface area (Å²) in [7, 11) is 0. The van der Waals surface area contributed by atoms with Gasteiger partial charge in [0, 0.05) is 11.9 Å². The molecule has 0 aromatic carbocycles. The summed E-state index contributed by atoms with van der Waals surface area (Å²) in [6.45, 7) is 2.19. The second-order valence-corrected chi connectivity index (χ2v) is 3.98. The summed E-state index contributed by atoms with van der Waals surface area (Å²) in [5.41, 5.74) is 2.50. The van der Waals surface area contributed by atoms with Gasteiger partial charge in [0.05, 0.1) is 5.56 Å². The number of hydrogen-bond acceptors (Lipinski definition) is 2. The fourth-order valence-corrected chi connectivity index (χ4v) is 1.92. The van der Waals surface area contributed by atoms with Crippen molar-refractivity contribution < 1.29 is 9.90 Å². The van der Waals surface area contributed by atoms with Crippen molar-refractivity contribution in [1.82, 2.24) is 4.98 Å². The van der Waals surface area contributed by atoms with Crippen LogP contribution in [0, 0.1) is 5.92 Å². The van der Waals surface area contributed by atoms with Crippen LogP contribution in [0.2, 0.25) is 0 Å². The molecule has 3 heteroatoms. The molecule has 0 fully saturated rings. The molecule has 1 aliphatic carbocycles. The summed E-state index contributed by atoms with van der Waals surface area (Å²) < 4.78 is 0. The van der Waals surface area contributed by atoms with Gasteiger partial charge >= 0.3 is 5.97 Å². The van der Waals surface area contributed by atoms with Gasteiger partial charge in [-0.1, -0.05) is 6.92 Å². The van der Waals surface area contributed by atoms with E-state index in [1.54, 1.807) is 6.07 Å². The van der Waals surface area contributed by atoms with Crippen molar-refractivity contribution in [2.45, 2.75) is 26.2 Å². The molecule has 1 aromatic heterocycles. The molecule has 1 N–H and O–H groups in total. The van der Waals surface area contributed by atoms with Crippen LogP contribution >= 0.6 is 0 Å². The van der Waals surface area contributed by atoms with Crippen LogP contribution in [0.15, 0.2) is 12.3 Å². The summed E-state index contributed by atoms with van der Waals surface area (Å²) in [5.74, 6) is -0.244. The maximum Gasteiger partial charge on any atom is 0.337 e. The molecule has 14 heavy (non-hydrogen) atoms. The number of carboxylic acid groups (broad SMARTS) is 1. The number of carbonyl (C=O) groups is 1. The van der Waals surface area contributed by atoms with Crippen molar-refractivity contribution >= 4 is 5.97 Å². The van der Waals surface area contributed by atoms with Crippen LogP contribution in [-0.4, -0.2) is 16.1 Å². The van der Waals surface area contributed by atoms with Crippen molar-refractivity contribution in [2.24, 2.45) is 5.92 Å². The molecule has 1 heterocycles. The van der Waals surface area contributed by atoms with Crippen molar-refractivity contribution in [3.05, 3.63) is 29.1 Å². The Morgan fingerprint density at radius 1 is 1.64 bits per heavy atom. The number of aromatic carboxylic acids is 1. The topological polar surface area (TPSA) is 50.2 Å². The van der Waals surface area contributed by atoms with Crippen LogP contribution in [0.25, 0.3) is 0 Å². The van der Waals surface area contributed by atoms with Gasteiger partial charge in [-0.2, -0.15) is 0 Å². The number of nitrogens with zero attached hydrogens (tertiary/aromatic N) is 1. The van der Waals surface area contributed by atoms with Crippen LogP contribution in [-0.2, 0) is 12.8 Å². The number of aryl methyl sites for hydroxylation is 1. The average molecular weight is 191 g/mol. The van der Waals surface area contributed by atoms with E-state index in [9.17, 15) is 4.79 Å². The van der Waals surface area contributed by atoms with Gasteiger partial charge in [-0.3, -0.25) is 4.98 Å². The Bertz CT molecular complexity index is 374. The smallest absolute Gasteiger partial charge is 0.337 e. The molecule has 1 aromatic rings. The predicted molar refractivity (Wildman–Crippen MR) is 52.4 cm³/mol. The van der Waals surface area contributed by atoms with Crippen LogP contribution in [0.4, 0.5) is 0 Å². The molecule has 1 unspecified atom stereocenters. The van der Waals surface area contributed by atoms with Gasteiger partial charge < -0.3 is 5.11 Å². The van der Waals surface area contributed by atoms with E-state index in [1.807, 2.05) is 0 Å². The molecular formula is C11H13NO2. The molecule has 74 valence electrons. The first-order valence-electron chi connectivity index (χ1n) is 4.88. The van der Waals surface area contributed by atoms with Gasteiger partial charge in [0.1, 0.15) is 0 Å². The fraction of sp³-hybridized carbons (Fsp3) is 0.455. The van der Waals surface area contributed by atoms with Crippen molar-refractivity contribution in [2.75, 3.05) is 0 Å². The van der Waals surface area contributed by atoms with Crippen molar-refractivity contribution in [3.8, 4) is 0 Å². The van der Waals surface area contributed by atoms with E-state index >= 15 is 0 Å². The Labute approximate surface area is 82.8 Å². The van der Waals surface area contributed by atoms with E-state index in [-0.39, 0.29) is 0 Å². The van der Waals surface area contributed by atoms with Crippen LogP contribution in [0.5, 0.6) is 0 Å². The SMILES string of the molecule is CC1CCc2ncc(C(=O)O)cc2C1. The largest absolute Gasteiger partial charge is 0.478 e. The zero-order valence-corrected chi connectivity index (χ0v) is 8.16. The molecular weight excluding hydrogens is 178 g/mol. The van der Waals surface area contributed by atoms with Crippen molar-refractivity contribution in [1.29, 1.82) is 0 Å². The summed E-state index contributed by atoms with van der Waals surface area (Å²) in [6, 6.07) is 1.76. The van der Waals surface area contributed by atoms with E-state index in [1.165, 1.54) is 6.20 Å². The predicted octanol–water partition coefficient (Wildman–Crippen LogP) is 1.90. The lowest BCUT2D eigenvalue weighted by Gasteiger charge is -2.20. The van der Waals surface area contributed by atoms with Gasteiger partial charge in [0.2, 0.25) is 0 Å². The van der Waals surface area contributed by atoms with Gasteiger partial charge in [-0.25, -0.2) is 4.79 Å². The number of aromatic nitrogens is 1. The molecule has 0 spiro atoms. The normalized spacial score (nSPS) is 20.2. The minimum atomic E-state index is -0.890. The van der Waals surface area contributed by atoms with Gasteiger partial charge in [0.25, 0.3) is 0 Å². The Balaban J connectivity index is 2.37. The second kappa shape index (κ2) is 3.40. The number of fused-ring (bicyclic) bond motifs is 1. The molecule has 2 rings (SSSR count). The van der Waals surface area contributed by atoms with E-state index in [2.05, 4.69) is 11.9 Å². The third kappa shape index (κ3) is 1.62. The lowest BCUT2D eigenvalue weighted by Crippen LogP contribution is -2.14. The maximum atomic E-state index is 10.7. The molecule has 0 bridgehead atoms. The number of rotatable bonds is 1. The summed E-state index contributed by atoms with van der Waals surface area (Å²) in [5, 5.41) is 8.81. The highest BCUT2D eigenvalue weighted by Gasteiger charge is 2.17. The lowest BCUT2D eigenvalue weighted by atomic mass is 9.87. The van der Waals surface area contributed by atoms with Gasteiger partial charge in [0.15, 0.2) is 0 Å². The Morgan fingerprint density at radius 3 is 3.14 bits per heavy atom. The zero-order chi connectivity index (χ0) is 10.1. The van der Waals surface area contributed by atoms with Gasteiger partial charge in [-0.15, -0.1) is 0 Å². The first kappa shape index (κ1) is 9.19. The lowest BCUT2D eigenvalue weighted by molar-refractivity contribution is 0.0696. The quantitative estimate of drug-likeness (QED) is 0.737. The zero-order valence-electron chi connectivity index (χ0n) is 8.16. The number of pyridine rings is 1. The monoisotopic (exact) mass is 191 g/mol. The highest BCUT2D eigenvalue weighted by Crippen LogP contribution is 2.24. The highest BCUT2D eigenvalue weighted by atomic mass is 16.4. The van der Waals surface area contributed by atoms with Crippen LogP contribution in [0.3, 0.4) is 0 Å². The van der Waals surface area contributed by atoms with Crippen LogP contribution in [0.1, 0.15) is 35.0 Å². The molecule has 0 aliphatic heterocycles. The van der Waals surface area contributed by atoms with Crippen molar-refractivity contribution in [3.63, 3.8) is 0 Å². The first-order chi connectivity index (χ1) is 6.66. The van der Waals surface area contributed by atoms with E-state index < -0.39 is 5.97 Å². The molecule has 1 atom stereocenters. The van der Waals surface area contributed by atoms with E-state index in [0.29, 0.717) is 11.5 Å². The summed E-state index contributed by atoms with van der Waals surface area (Å²) in [4.78, 5) is 14.9. The summed E-state index contributed by atoms with van der Waals surface area (Å²) in [6.07, 6.45) is 4.56. The molecule has 0 saturated heterocycles. The number of hydrogen-bond donors (Lipinski definition) is 1. The fourth-order valence-electron chi connectivity index (χ4n) is 1.92. The minimum absolute atomic E-state index is 0.304. The molecule has 0 saturated carbocycles. The minimum Gasteiger partial charge on any atom is -0.478 e. The highest BCUT2D eigenvalue weighted by molar-refractivity contribution is 5.87. The maximum absolute atomic E-state index is 10.7. The standard InChI is InChI=1S/C11H13NO2/c1-7-2-3-10-8(4-7)5-9(6-12-10)11(13)14/h5-7H,2-4H2,1H3,(H,13,14). The Morgan fingerprint density at radius 2 is 2.43 bits per heavy atom. The Kier molecular flexibility index (Phi) is 2.23. The van der Waals surface area contributed by atoms with E-state index in [0.717, 1.165) is 30.5 Å². The summed E-state index contributed by atoms with van der Waals surface area (Å²) >= 11 is 0. The number of carboxylic acids is 1. The Hall–Kier alpha value is -1.38. The molecule has 3 nitrogen and oxygen atoms in total.